The lowest BCUT2D eigenvalue weighted by molar-refractivity contribution is 0.0923. The SMILES string of the molecule is Cc1cc(C)c(C(=O)NC[C@@H](C)O)cc1N. The number of benzene rings is 1. The van der Waals surface area contributed by atoms with E-state index >= 15 is 0 Å². The van der Waals surface area contributed by atoms with Crippen molar-refractivity contribution in [2.75, 3.05) is 12.3 Å². The van der Waals surface area contributed by atoms with Crippen LogP contribution in [0.15, 0.2) is 12.1 Å². The summed E-state index contributed by atoms with van der Waals surface area (Å²) >= 11 is 0. The first-order chi connectivity index (χ1) is 7.41. The standard InChI is InChI=1S/C12H18N2O2/c1-7-4-8(2)11(13)5-10(7)12(16)14-6-9(3)15/h4-5,9,15H,6,13H2,1-3H3,(H,14,16)/t9-/m1/s1. The average molecular weight is 222 g/mol. The van der Waals surface area contributed by atoms with Crippen LogP contribution >= 0.6 is 0 Å². The lowest BCUT2D eigenvalue weighted by atomic mass is 10.0. The Labute approximate surface area is 95.5 Å². The molecule has 1 amide bonds. The molecular formula is C12H18N2O2. The number of rotatable bonds is 3. The van der Waals surface area contributed by atoms with Crippen molar-refractivity contribution in [2.24, 2.45) is 0 Å². The second-order valence-corrected chi connectivity index (χ2v) is 4.08. The molecule has 0 aromatic heterocycles. The number of amides is 1. The minimum atomic E-state index is -0.549. The van der Waals surface area contributed by atoms with Gasteiger partial charge in [0.2, 0.25) is 0 Å². The van der Waals surface area contributed by atoms with E-state index in [4.69, 9.17) is 10.8 Å². The number of carbonyl (C=O) groups is 1. The maximum absolute atomic E-state index is 11.8. The second kappa shape index (κ2) is 4.99. The minimum Gasteiger partial charge on any atom is -0.398 e. The third-order valence-corrected chi connectivity index (χ3v) is 2.42. The Hall–Kier alpha value is -1.55. The monoisotopic (exact) mass is 222 g/mol. The maximum atomic E-state index is 11.8. The van der Waals surface area contributed by atoms with Crippen molar-refractivity contribution in [2.45, 2.75) is 26.9 Å². The number of nitrogens with one attached hydrogen (secondary N) is 1. The van der Waals surface area contributed by atoms with E-state index in [1.807, 2.05) is 19.9 Å². The summed E-state index contributed by atoms with van der Waals surface area (Å²) in [6.07, 6.45) is -0.549. The number of hydrogen-bond donors (Lipinski definition) is 3. The van der Waals surface area contributed by atoms with Crippen molar-refractivity contribution in [3.05, 3.63) is 28.8 Å². The molecule has 1 rings (SSSR count). The zero-order chi connectivity index (χ0) is 12.3. The van der Waals surface area contributed by atoms with Crippen LogP contribution in [0.25, 0.3) is 0 Å². The lowest BCUT2D eigenvalue weighted by Crippen LogP contribution is -2.31. The van der Waals surface area contributed by atoms with Crippen molar-refractivity contribution in [1.29, 1.82) is 0 Å². The molecule has 16 heavy (non-hydrogen) atoms. The Morgan fingerprint density at radius 2 is 2.06 bits per heavy atom. The predicted octanol–water partition coefficient (Wildman–Crippen LogP) is 0.996. The largest absolute Gasteiger partial charge is 0.398 e. The summed E-state index contributed by atoms with van der Waals surface area (Å²) in [5.74, 6) is -0.204. The molecule has 0 fully saturated rings. The van der Waals surface area contributed by atoms with E-state index in [-0.39, 0.29) is 12.5 Å². The van der Waals surface area contributed by atoms with Gasteiger partial charge in [0.15, 0.2) is 0 Å². The molecule has 0 bridgehead atoms. The molecule has 0 heterocycles. The van der Waals surface area contributed by atoms with E-state index in [0.717, 1.165) is 11.1 Å². The Morgan fingerprint density at radius 1 is 1.44 bits per heavy atom. The van der Waals surface area contributed by atoms with Crippen LogP contribution in [0.1, 0.15) is 28.4 Å². The normalized spacial score (nSPS) is 12.2. The van der Waals surface area contributed by atoms with Gasteiger partial charge in [-0.1, -0.05) is 6.07 Å². The lowest BCUT2D eigenvalue weighted by Gasteiger charge is -2.11. The number of nitrogen functional groups attached to an aromatic ring is 1. The van der Waals surface area contributed by atoms with Crippen LogP contribution in [-0.2, 0) is 0 Å². The van der Waals surface area contributed by atoms with Crippen LogP contribution in [-0.4, -0.2) is 23.7 Å². The molecule has 1 aromatic carbocycles. The summed E-state index contributed by atoms with van der Waals surface area (Å²) in [5.41, 5.74) is 8.76. The number of anilines is 1. The van der Waals surface area contributed by atoms with E-state index in [2.05, 4.69) is 5.32 Å². The Balaban J connectivity index is 2.87. The molecule has 0 radical (unpaired) electrons. The van der Waals surface area contributed by atoms with Crippen molar-refractivity contribution < 1.29 is 9.90 Å². The number of carbonyl (C=O) groups excluding carboxylic acids is 1. The molecular weight excluding hydrogens is 204 g/mol. The van der Waals surface area contributed by atoms with Crippen LogP contribution in [0.3, 0.4) is 0 Å². The molecule has 1 aromatic rings. The van der Waals surface area contributed by atoms with Gasteiger partial charge in [-0.3, -0.25) is 4.79 Å². The van der Waals surface area contributed by atoms with E-state index in [0.29, 0.717) is 11.3 Å². The highest BCUT2D eigenvalue weighted by Crippen LogP contribution is 2.17. The summed E-state index contributed by atoms with van der Waals surface area (Å²) < 4.78 is 0. The molecule has 0 saturated heterocycles. The first kappa shape index (κ1) is 12.5. The van der Waals surface area contributed by atoms with Gasteiger partial charge in [-0.25, -0.2) is 0 Å². The van der Waals surface area contributed by atoms with Gasteiger partial charge in [-0.05, 0) is 38.0 Å². The summed E-state index contributed by atoms with van der Waals surface area (Å²) in [5, 5.41) is 11.7. The maximum Gasteiger partial charge on any atom is 0.251 e. The van der Waals surface area contributed by atoms with Gasteiger partial charge in [-0.15, -0.1) is 0 Å². The molecule has 88 valence electrons. The number of aryl methyl sites for hydroxylation is 2. The fourth-order valence-corrected chi connectivity index (χ4v) is 1.45. The highest BCUT2D eigenvalue weighted by atomic mass is 16.3. The molecule has 0 spiro atoms. The van der Waals surface area contributed by atoms with Gasteiger partial charge in [0.1, 0.15) is 0 Å². The van der Waals surface area contributed by atoms with E-state index < -0.39 is 6.10 Å². The Morgan fingerprint density at radius 3 is 2.62 bits per heavy atom. The number of nitrogens with two attached hydrogens (primary N) is 1. The Kier molecular flexibility index (Phi) is 3.90. The van der Waals surface area contributed by atoms with Crippen molar-refractivity contribution in [3.8, 4) is 0 Å². The third kappa shape index (κ3) is 2.97. The summed E-state index contributed by atoms with van der Waals surface area (Å²) in [4.78, 5) is 11.8. The van der Waals surface area contributed by atoms with Crippen molar-refractivity contribution in [1.82, 2.24) is 5.32 Å². The topological polar surface area (TPSA) is 75.3 Å². The van der Waals surface area contributed by atoms with Crippen molar-refractivity contribution >= 4 is 11.6 Å². The van der Waals surface area contributed by atoms with Crippen LogP contribution in [0.2, 0.25) is 0 Å². The van der Waals surface area contributed by atoms with Crippen LogP contribution in [0.5, 0.6) is 0 Å². The van der Waals surface area contributed by atoms with Gasteiger partial charge < -0.3 is 16.2 Å². The Bertz CT molecular complexity index is 400. The molecule has 1 atom stereocenters. The predicted molar refractivity (Wildman–Crippen MR) is 64.3 cm³/mol. The van der Waals surface area contributed by atoms with Gasteiger partial charge in [-0.2, -0.15) is 0 Å². The van der Waals surface area contributed by atoms with Crippen LogP contribution in [0.4, 0.5) is 5.69 Å². The number of aliphatic hydroxyl groups is 1. The quantitative estimate of drug-likeness (QED) is 0.668. The fourth-order valence-electron chi connectivity index (χ4n) is 1.45. The van der Waals surface area contributed by atoms with Crippen molar-refractivity contribution in [3.63, 3.8) is 0 Å². The molecule has 4 nitrogen and oxygen atoms in total. The van der Waals surface area contributed by atoms with Crippen LogP contribution < -0.4 is 11.1 Å². The molecule has 0 unspecified atom stereocenters. The first-order valence-electron chi connectivity index (χ1n) is 5.24. The number of aliphatic hydroxyl groups excluding tert-OH is 1. The van der Waals surface area contributed by atoms with Gasteiger partial charge in [0.05, 0.1) is 6.10 Å². The third-order valence-electron chi connectivity index (χ3n) is 2.42. The van der Waals surface area contributed by atoms with Gasteiger partial charge in [0, 0.05) is 17.8 Å². The molecule has 0 aliphatic rings. The summed E-state index contributed by atoms with van der Waals surface area (Å²) in [6, 6.07) is 3.55. The second-order valence-electron chi connectivity index (χ2n) is 4.08. The highest BCUT2D eigenvalue weighted by Gasteiger charge is 2.11. The average Bonchev–Trinajstić information content (AvgIpc) is 2.20. The van der Waals surface area contributed by atoms with E-state index in [9.17, 15) is 4.79 Å². The number of hydrogen-bond acceptors (Lipinski definition) is 3. The molecule has 0 saturated carbocycles. The summed E-state index contributed by atoms with van der Waals surface area (Å²) in [7, 11) is 0. The van der Waals surface area contributed by atoms with E-state index in [1.165, 1.54) is 0 Å². The van der Waals surface area contributed by atoms with Gasteiger partial charge in [0.25, 0.3) is 5.91 Å². The highest BCUT2D eigenvalue weighted by molar-refractivity contribution is 5.96. The van der Waals surface area contributed by atoms with E-state index in [1.54, 1.807) is 13.0 Å². The molecule has 4 heteroatoms. The molecule has 4 N–H and O–H groups in total. The zero-order valence-corrected chi connectivity index (χ0v) is 9.87. The summed E-state index contributed by atoms with van der Waals surface area (Å²) in [6.45, 7) is 5.63. The molecule has 0 aliphatic carbocycles. The first-order valence-corrected chi connectivity index (χ1v) is 5.24. The van der Waals surface area contributed by atoms with Crippen LogP contribution in [0, 0.1) is 13.8 Å². The molecule has 0 aliphatic heterocycles. The van der Waals surface area contributed by atoms with Gasteiger partial charge >= 0.3 is 0 Å². The minimum absolute atomic E-state index is 0.204. The zero-order valence-electron chi connectivity index (χ0n) is 9.87. The fraction of sp³-hybridized carbons (Fsp3) is 0.417. The smallest absolute Gasteiger partial charge is 0.251 e.